The summed E-state index contributed by atoms with van der Waals surface area (Å²) in [6, 6.07) is -1.22. The lowest BCUT2D eigenvalue weighted by atomic mass is 9.87. The van der Waals surface area contributed by atoms with Crippen molar-refractivity contribution in [2.24, 2.45) is 10.8 Å². The quantitative estimate of drug-likeness (QED) is 0.106. The van der Waals surface area contributed by atoms with Gasteiger partial charge in [-0.2, -0.15) is 0 Å². The van der Waals surface area contributed by atoms with Gasteiger partial charge < -0.3 is 25.4 Å². The molecule has 15 nitrogen and oxygen atoms in total. The normalized spacial score (nSPS) is 20.5. The lowest BCUT2D eigenvalue weighted by molar-refractivity contribution is -0.143. The summed E-state index contributed by atoms with van der Waals surface area (Å²) in [5.41, 5.74) is -1.59. The highest BCUT2D eigenvalue weighted by Gasteiger charge is 2.49. The average molecular weight is 658 g/mol. The van der Waals surface area contributed by atoms with Crippen molar-refractivity contribution in [2.45, 2.75) is 60.1 Å². The minimum absolute atomic E-state index is 0.0310. The van der Waals surface area contributed by atoms with E-state index < -0.39 is 55.6 Å². The van der Waals surface area contributed by atoms with Crippen molar-refractivity contribution in [2.75, 3.05) is 45.1 Å². The second-order valence-electron chi connectivity index (χ2n) is 10.7. The van der Waals surface area contributed by atoms with Crippen molar-refractivity contribution in [3.05, 3.63) is 0 Å². The number of rotatable bonds is 14. The van der Waals surface area contributed by atoms with E-state index in [0.717, 1.165) is 30.6 Å². The molecule has 3 atom stereocenters. The Bertz CT molecular complexity index is 1050. The van der Waals surface area contributed by atoms with Crippen LogP contribution in [-0.4, -0.2) is 91.4 Å². The smallest absolute Gasteiger partial charge is 0.467 e. The first-order chi connectivity index (χ1) is 19.4. The van der Waals surface area contributed by atoms with E-state index in [-0.39, 0.29) is 41.5 Å². The lowest BCUT2D eigenvalue weighted by Gasteiger charge is -2.39. The van der Waals surface area contributed by atoms with Crippen LogP contribution in [0.2, 0.25) is 0 Å². The number of thioether (sulfide) groups is 2. The molecule has 18 heteroatoms. The van der Waals surface area contributed by atoms with Crippen molar-refractivity contribution in [3.63, 3.8) is 0 Å². The van der Waals surface area contributed by atoms with Gasteiger partial charge in [0.05, 0.1) is 13.7 Å². The Balaban J connectivity index is 2.59. The minimum Gasteiger partial charge on any atom is -0.467 e. The lowest BCUT2D eigenvalue weighted by Crippen LogP contribution is -2.50. The summed E-state index contributed by atoms with van der Waals surface area (Å²) in [5.74, 6) is -1.48. The van der Waals surface area contributed by atoms with Gasteiger partial charge in [-0.1, -0.05) is 58.1 Å². The predicted octanol–water partition coefficient (Wildman–Crippen LogP) is 1.99. The molecule has 1 rings (SSSR count). The molecule has 240 valence electrons. The van der Waals surface area contributed by atoms with Gasteiger partial charge in [0.2, 0.25) is 18.6 Å². The number of carbonyl (C=O) groups is 6. The summed E-state index contributed by atoms with van der Waals surface area (Å²) in [6.07, 6.45) is -2.46. The highest BCUT2D eigenvalue weighted by molar-refractivity contribution is 8.13. The fourth-order valence-corrected chi connectivity index (χ4v) is 5.94. The van der Waals surface area contributed by atoms with Crippen LogP contribution in [0.4, 0.5) is 4.79 Å². The van der Waals surface area contributed by atoms with E-state index in [9.17, 15) is 33.3 Å². The number of esters is 1. The van der Waals surface area contributed by atoms with Crippen LogP contribution in [0.3, 0.4) is 0 Å². The van der Waals surface area contributed by atoms with Crippen molar-refractivity contribution in [3.8, 4) is 0 Å². The number of hydrogen-bond donors (Lipinski definition) is 3. The van der Waals surface area contributed by atoms with E-state index in [1.807, 2.05) is 0 Å². The third-order valence-electron chi connectivity index (χ3n) is 5.33. The molecule has 0 saturated carbocycles. The number of alkyl carbamates (subject to hydrolysis) is 1. The molecule has 0 radical (unpaired) electrons. The van der Waals surface area contributed by atoms with Crippen molar-refractivity contribution in [1.29, 1.82) is 0 Å². The predicted molar refractivity (Wildman–Crippen MR) is 154 cm³/mol. The number of methoxy groups -OCH3 is 1. The molecule has 0 aliphatic carbocycles. The number of amides is 3. The summed E-state index contributed by atoms with van der Waals surface area (Å²) < 4.78 is 38.0. The SMILES string of the molecule is COC(=O)[C@H](CSC(=O)C(C)(C)C)NC(=O)OCOP1(=O)OCC(C)(C)[C@H](C(=O)NCCC(=O)NCCSC(C)=O)O1. The Morgan fingerprint density at radius 3 is 2.33 bits per heavy atom. The zero-order chi connectivity index (χ0) is 32.1. The van der Waals surface area contributed by atoms with Crippen molar-refractivity contribution < 1.29 is 56.4 Å². The fourth-order valence-electron chi connectivity index (χ4n) is 2.97. The number of nitrogens with one attached hydrogen (secondary N) is 3. The molecule has 42 heavy (non-hydrogen) atoms. The van der Waals surface area contributed by atoms with Crippen molar-refractivity contribution in [1.82, 2.24) is 16.0 Å². The van der Waals surface area contributed by atoms with Crippen LogP contribution >= 0.6 is 31.3 Å². The van der Waals surface area contributed by atoms with Gasteiger partial charge in [-0.25, -0.2) is 18.7 Å². The molecule has 0 aromatic heterocycles. The molecule has 1 unspecified atom stereocenters. The Morgan fingerprint density at radius 1 is 1.07 bits per heavy atom. The van der Waals surface area contributed by atoms with Crippen LogP contribution in [0.15, 0.2) is 0 Å². The third kappa shape index (κ3) is 13.9. The maximum Gasteiger partial charge on any atom is 0.478 e. The molecule has 0 aromatic rings. The Labute approximate surface area is 253 Å². The topological polar surface area (TPSA) is 202 Å². The minimum atomic E-state index is -4.36. The number of phosphoric acid groups is 1. The van der Waals surface area contributed by atoms with Gasteiger partial charge in [0.25, 0.3) is 0 Å². The second kappa shape index (κ2) is 17.2. The van der Waals surface area contributed by atoms with E-state index in [4.69, 9.17) is 18.3 Å². The van der Waals surface area contributed by atoms with E-state index in [1.165, 1.54) is 6.92 Å². The Kier molecular flexibility index (Phi) is 15.5. The molecule has 0 spiro atoms. The summed E-state index contributed by atoms with van der Waals surface area (Å²) in [7, 11) is -3.24. The van der Waals surface area contributed by atoms with Crippen LogP contribution in [0.25, 0.3) is 0 Å². The van der Waals surface area contributed by atoms with Gasteiger partial charge >= 0.3 is 19.9 Å². The van der Waals surface area contributed by atoms with Crippen LogP contribution in [0, 0.1) is 10.8 Å². The first-order valence-corrected chi connectivity index (χ1v) is 16.3. The number of phosphoric ester groups is 1. The zero-order valence-corrected chi connectivity index (χ0v) is 27.3. The van der Waals surface area contributed by atoms with Crippen LogP contribution in [0.5, 0.6) is 0 Å². The standard InChI is InChI=1S/C24H40N3O12PS2/c1-15(28)41-11-10-25-17(29)8-9-26-19(30)18-24(5,6)13-37-40(34,39-18)38-14-36-22(33)27-16(20(31)35-7)12-42-21(32)23(2,3)4/h16,18H,8-14H2,1-7H3,(H,25,29)(H,26,30)(H,27,33)/t16-,18-,40?/m0/s1. The molecule has 0 aromatic carbocycles. The molecule has 0 bridgehead atoms. The molecule has 1 heterocycles. The molecule has 1 saturated heterocycles. The fraction of sp³-hybridized carbons (Fsp3) is 0.750. The van der Waals surface area contributed by atoms with Gasteiger partial charge in [-0.3, -0.25) is 28.2 Å². The second-order valence-corrected chi connectivity index (χ2v) is 14.6. The highest BCUT2D eigenvalue weighted by atomic mass is 32.2. The third-order valence-corrected chi connectivity index (χ3v) is 8.86. The molecule has 3 N–H and O–H groups in total. The summed E-state index contributed by atoms with van der Waals surface area (Å²) in [4.78, 5) is 72.0. The van der Waals surface area contributed by atoms with Crippen LogP contribution in [0.1, 0.15) is 48.0 Å². The van der Waals surface area contributed by atoms with Gasteiger partial charge in [0.1, 0.15) is 6.04 Å². The van der Waals surface area contributed by atoms with E-state index >= 15 is 0 Å². The molecule has 1 aliphatic rings. The average Bonchev–Trinajstić information content (AvgIpc) is 2.89. The molecule has 1 fully saturated rings. The van der Waals surface area contributed by atoms with Gasteiger partial charge in [0, 0.05) is 48.8 Å². The molecular weight excluding hydrogens is 617 g/mol. The largest absolute Gasteiger partial charge is 0.478 e. The maximum absolute atomic E-state index is 13.0. The number of ether oxygens (including phenoxy) is 2. The first-order valence-electron chi connectivity index (χ1n) is 12.8. The summed E-state index contributed by atoms with van der Waals surface area (Å²) in [6.45, 7) is 8.98. The van der Waals surface area contributed by atoms with Crippen molar-refractivity contribution >= 4 is 65.5 Å². The van der Waals surface area contributed by atoms with E-state index in [0.29, 0.717) is 12.3 Å². The first kappa shape index (κ1) is 37.9. The van der Waals surface area contributed by atoms with Crippen LogP contribution < -0.4 is 16.0 Å². The zero-order valence-electron chi connectivity index (χ0n) is 24.8. The summed E-state index contributed by atoms with van der Waals surface area (Å²) >= 11 is 1.92. The molecule has 3 amide bonds. The Morgan fingerprint density at radius 2 is 1.74 bits per heavy atom. The Hall–Kier alpha value is -2.17. The number of carbonyl (C=O) groups excluding carboxylic acids is 6. The van der Waals surface area contributed by atoms with Gasteiger partial charge in [-0.15, -0.1) is 0 Å². The molecule has 1 aliphatic heterocycles. The molecular formula is C24H40N3O12PS2. The highest BCUT2D eigenvalue weighted by Crippen LogP contribution is 2.57. The van der Waals surface area contributed by atoms with Gasteiger partial charge in [-0.05, 0) is 0 Å². The monoisotopic (exact) mass is 657 g/mol. The van der Waals surface area contributed by atoms with E-state index in [2.05, 4.69) is 20.7 Å². The summed E-state index contributed by atoms with van der Waals surface area (Å²) in [5, 5.41) is 7.15. The number of hydrogen-bond acceptors (Lipinski definition) is 14. The maximum atomic E-state index is 13.0. The van der Waals surface area contributed by atoms with E-state index in [1.54, 1.807) is 34.6 Å². The van der Waals surface area contributed by atoms with Gasteiger partial charge in [0.15, 0.2) is 16.3 Å². The van der Waals surface area contributed by atoms with Crippen LogP contribution in [-0.2, 0) is 51.6 Å².